The van der Waals surface area contributed by atoms with Gasteiger partial charge in [0.15, 0.2) is 0 Å². The van der Waals surface area contributed by atoms with Gasteiger partial charge in [0.2, 0.25) is 0 Å². The number of hydrogen-bond donors (Lipinski definition) is 0. The highest BCUT2D eigenvalue weighted by Gasteiger charge is 2.53. The van der Waals surface area contributed by atoms with Crippen LogP contribution in [0.25, 0.3) is 17.2 Å². The second-order valence-corrected chi connectivity index (χ2v) is 14.5. The number of benzene rings is 5. The molecular weight excluding hydrogens is 511 g/mol. The summed E-state index contributed by atoms with van der Waals surface area (Å²) in [7, 11) is -0.795. The molecule has 7 rings (SSSR count). The second-order valence-electron chi connectivity index (χ2n) is 11.9. The van der Waals surface area contributed by atoms with Crippen LogP contribution in [0.15, 0.2) is 139 Å². The van der Waals surface area contributed by atoms with Crippen molar-refractivity contribution in [3.05, 3.63) is 161 Å². The van der Waals surface area contributed by atoms with E-state index >= 15 is 0 Å². The van der Waals surface area contributed by atoms with Crippen LogP contribution in [0.5, 0.6) is 0 Å². The molecule has 0 aromatic heterocycles. The van der Waals surface area contributed by atoms with Crippen molar-refractivity contribution in [2.45, 2.75) is 44.2 Å². The van der Waals surface area contributed by atoms with Crippen molar-refractivity contribution in [3.8, 4) is 11.1 Å². The Morgan fingerprint density at radius 3 is 1.61 bits per heavy atom. The van der Waals surface area contributed by atoms with Gasteiger partial charge < -0.3 is 0 Å². The van der Waals surface area contributed by atoms with E-state index in [9.17, 15) is 0 Å². The van der Waals surface area contributed by atoms with Gasteiger partial charge in [-0.15, -0.1) is 0 Å². The molecule has 2 aliphatic carbocycles. The highest BCUT2D eigenvalue weighted by Crippen LogP contribution is 2.68. The predicted molar refractivity (Wildman–Crippen MR) is 178 cm³/mol. The molecule has 0 bridgehead atoms. The highest BCUT2D eigenvalue weighted by atomic mass is 31.1. The van der Waals surface area contributed by atoms with Gasteiger partial charge in [-0.25, -0.2) is 0 Å². The van der Waals surface area contributed by atoms with Gasteiger partial charge in [-0.05, 0) is 57.8 Å². The molecule has 0 aliphatic heterocycles. The van der Waals surface area contributed by atoms with Gasteiger partial charge in [-0.1, -0.05) is 172 Å². The SMILES string of the molecule is CCC(C)C1C(C(C)(C2c3ccccc3-c3ccccc32)P(c2ccccc2)c2ccccc2)=Cc2ccccc21. The quantitative estimate of drug-likeness (QED) is 0.178. The van der Waals surface area contributed by atoms with Crippen LogP contribution >= 0.6 is 7.92 Å². The minimum atomic E-state index is -0.795. The zero-order valence-corrected chi connectivity index (χ0v) is 25.1. The number of fused-ring (bicyclic) bond motifs is 4. The zero-order valence-electron chi connectivity index (χ0n) is 24.2. The van der Waals surface area contributed by atoms with Gasteiger partial charge in [0.05, 0.1) is 0 Å². The van der Waals surface area contributed by atoms with Crippen molar-refractivity contribution in [3.63, 3.8) is 0 Å². The van der Waals surface area contributed by atoms with Gasteiger partial charge in [0.25, 0.3) is 0 Å². The van der Waals surface area contributed by atoms with Crippen molar-refractivity contribution < 1.29 is 0 Å². The van der Waals surface area contributed by atoms with Gasteiger partial charge >= 0.3 is 0 Å². The lowest BCUT2D eigenvalue weighted by Crippen LogP contribution is -2.41. The van der Waals surface area contributed by atoms with E-state index in [2.05, 4.69) is 160 Å². The molecule has 2 aliphatic rings. The molecule has 0 amide bonds. The summed E-state index contributed by atoms with van der Waals surface area (Å²) in [5.74, 6) is 1.17. The molecule has 0 N–H and O–H groups in total. The fraction of sp³-hybridized carbons (Fsp3) is 0.200. The molecule has 5 aromatic carbocycles. The van der Waals surface area contributed by atoms with E-state index in [1.54, 1.807) is 5.57 Å². The highest BCUT2D eigenvalue weighted by molar-refractivity contribution is 7.74. The summed E-state index contributed by atoms with van der Waals surface area (Å²) in [6, 6.07) is 50.3. The second kappa shape index (κ2) is 10.6. The molecule has 202 valence electrons. The molecule has 5 aromatic rings. The first-order valence-corrected chi connectivity index (χ1v) is 16.4. The Kier molecular flexibility index (Phi) is 6.76. The Bertz CT molecular complexity index is 1630. The Morgan fingerprint density at radius 2 is 1.07 bits per heavy atom. The van der Waals surface area contributed by atoms with Crippen LogP contribution in [-0.2, 0) is 0 Å². The maximum Gasteiger partial charge on any atom is 0.0284 e. The van der Waals surface area contributed by atoms with Crippen molar-refractivity contribution in [2.75, 3.05) is 0 Å². The lowest BCUT2D eigenvalue weighted by molar-refractivity contribution is 0.460. The molecule has 0 fully saturated rings. The van der Waals surface area contributed by atoms with E-state index in [0.29, 0.717) is 11.8 Å². The molecule has 3 atom stereocenters. The summed E-state index contributed by atoms with van der Waals surface area (Å²) in [5.41, 5.74) is 10.2. The predicted octanol–water partition coefficient (Wildman–Crippen LogP) is 9.92. The topological polar surface area (TPSA) is 0 Å². The molecule has 0 radical (unpaired) electrons. The van der Waals surface area contributed by atoms with E-state index in [0.717, 1.165) is 6.42 Å². The molecule has 1 heteroatoms. The molecule has 3 unspecified atom stereocenters. The summed E-state index contributed by atoms with van der Waals surface area (Å²) in [4.78, 5) is 0. The number of rotatable bonds is 7. The van der Waals surface area contributed by atoms with Gasteiger partial charge in [-0.3, -0.25) is 0 Å². The Labute approximate surface area is 246 Å². The summed E-state index contributed by atoms with van der Waals surface area (Å²) in [5, 5.41) is 2.71. The van der Waals surface area contributed by atoms with E-state index in [1.807, 2.05) is 0 Å². The Balaban J connectivity index is 1.58. The first-order valence-electron chi connectivity index (χ1n) is 15.0. The first kappa shape index (κ1) is 26.2. The number of hydrogen-bond acceptors (Lipinski definition) is 0. The molecule has 0 spiro atoms. The molecule has 41 heavy (non-hydrogen) atoms. The standard InChI is InChI=1S/C40H37P/c1-4-28(2)38-32-22-12-11-17-29(32)27-37(38)40(3,41(30-18-7-5-8-19-30)31-20-9-6-10-21-31)39-35-25-15-13-23-33(35)34-24-14-16-26-36(34)39/h5-28,38-39H,4H2,1-3H3. The summed E-state index contributed by atoms with van der Waals surface area (Å²) in [6.07, 6.45) is 3.75. The summed E-state index contributed by atoms with van der Waals surface area (Å²) >= 11 is 0. The smallest absolute Gasteiger partial charge is 0.0284 e. The van der Waals surface area contributed by atoms with Gasteiger partial charge in [0.1, 0.15) is 0 Å². The van der Waals surface area contributed by atoms with Crippen molar-refractivity contribution >= 4 is 24.6 Å². The van der Waals surface area contributed by atoms with Crippen LogP contribution in [-0.4, -0.2) is 5.16 Å². The average molecular weight is 549 g/mol. The van der Waals surface area contributed by atoms with E-state index < -0.39 is 7.92 Å². The lowest BCUT2D eigenvalue weighted by Gasteiger charge is -2.48. The third kappa shape index (κ3) is 4.15. The van der Waals surface area contributed by atoms with Crippen molar-refractivity contribution in [2.24, 2.45) is 5.92 Å². The first-order chi connectivity index (χ1) is 20.1. The van der Waals surface area contributed by atoms with E-state index in [-0.39, 0.29) is 11.1 Å². The molecule has 0 heterocycles. The van der Waals surface area contributed by atoms with Crippen LogP contribution in [0.2, 0.25) is 0 Å². The molecule has 0 saturated carbocycles. The fourth-order valence-electron chi connectivity index (χ4n) is 7.69. The maximum absolute atomic E-state index is 2.62. The van der Waals surface area contributed by atoms with Crippen LogP contribution < -0.4 is 10.6 Å². The minimum Gasteiger partial charge on any atom is -0.0651 e. The Hall–Kier alpha value is -3.73. The minimum absolute atomic E-state index is 0.173. The molecule has 0 nitrogen and oxygen atoms in total. The average Bonchev–Trinajstić information content (AvgIpc) is 3.59. The lowest BCUT2D eigenvalue weighted by atomic mass is 9.72. The largest absolute Gasteiger partial charge is 0.0651 e. The third-order valence-corrected chi connectivity index (χ3v) is 12.7. The van der Waals surface area contributed by atoms with Crippen LogP contribution in [0.1, 0.15) is 61.3 Å². The van der Waals surface area contributed by atoms with Crippen molar-refractivity contribution in [1.82, 2.24) is 0 Å². The third-order valence-electron chi connectivity index (χ3n) is 9.66. The van der Waals surface area contributed by atoms with Crippen molar-refractivity contribution in [1.29, 1.82) is 0 Å². The monoisotopic (exact) mass is 548 g/mol. The summed E-state index contributed by atoms with van der Waals surface area (Å²) < 4.78 is 0. The van der Waals surface area contributed by atoms with Crippen LogP contribution in [0.4, 0.5) is 0 Å². The molecule has 0 saturated heterocycles. The number of allylic oxidation sites excluding steroid dienone is 1. The van der Waals surface area contributed by atoms with E-state index in [1.165, 1.54) is 44.0 Å². The Morgan fingerprint density at radius 1 is 0.610 bits per heavy atom. The van der Waals surface area contributed by atoms with Crippen LogP contribution in [0, 0.1) is 5.92 Å². The molecular formula is C40H37P. The fourth-order valence-corrected chi connectivity index (χ4v) is 11.0. The van der Waals surface area contributed by atoms with E-state index in [4.69, 9.17) is 0 Å². The van der Waals surface area contributed by atoms with Crippen LogP contribution in [0.3, 0.4) is 0 Å². The summed E-state index contributed by atoms with van der Waals surface area (Å²) in [6.45, 7) is 7.44. The maximum atomic E-state index is 2.62. The van der Waals surface area contributed by atoms with Gasteiger partial charge in [0, 0.05) is 17.0 Å². The zero-order chi connectivity index (χ0) is 28.0. The van der Waals surface area contributed by atoms with Gasteiger partial charge in [-0.2, -0.15) is 0 Å². The normalized spacial score (nSPS) is 17.9.